The molecule has 0 saturated heterocycles. The second-order valence-electron chi connectivity index (χ2n) is 2.89. The summed E-state index contributed by atoms with van der Waals surface area (Å²) >= 11 is 0. The van der Waals surface area contributed by atoms with Gasteiger partial charge in [0.2, 0.25) is 10.4 Å². The first-order valence-electron chi connectivity index (χ1n) is 4.51. The summed E-state index contributed by atoms with van der Waals surface area (Å²) in [6.07, 6.45) is 0.747. The molecule has 0 fully saturated rings. The molecule has 0 atom stereocenters. The van der Waals surface area contributed by atoms with Gasteiger partial charge in [0.15, 0.2) is 6.54 Å². The van der Waals surface area contributed by atoms with E-state index in [4.69, 9.17) is 10.4 Å². The first-order valence-corrected chi connectivity index (χ1v) is 5.84. The minimum Gasteiger partial charge on any atom is -0.726 e. The monoisotopic (exact) mass is 261 g/mol. The second kappa shape index (κ2) is 8.82. The van der Waals surface area contributed by atoms with Crippen molar-refractivity contribution in [2.75, 3.05) is 33.9 Å². The van der Waals surface area contributed by atoms with Crippen LogP contribution in [0.3, 0.4) is 0 Å². The number of hydrogen-bond donors (Lipinski definition) is 2. The van der Waals surface area contributed by atoms with Crippen molar-refractivity contribution in [3.63, 3.8) is 0 Å². The van der Waals surface area contributed by atoms with Crippen molar-refractivity contribution in [3.05, 3.63) is 0 Å². The third-order valence-electron chi connectivity index (χ3n) is 1.44. The van der Waals surface area contributed by atoms with Crippen LogP contribution in [-0.4, -0.2) is 62.1 Å². The summed E-state index contributed by atoms with van der Waals surface area (Å²) < 4.78 is 35.7. The van der Waals surface area contributed by atoms with E-state index >= 15 is 0 Å². The van der Waals surface area contributed by atoms with E-state index in [-0.39, 0.29) is 6.54 Å². The molecular formula is C7H19NO7S. The number of ether oxygens (including phenoxy) is 1. The van der Waals surface area contributed by atoms with Crippen molar-refractivity contribution in [2.24, 2.45) is 0 Å². The Morgan fingerprint density at radius 1 is 1.25 bits per heavy atom. The molecule has 0 aliphatic rings. The highest BCUT2D eigenvalue weighted by atomic mass is 32.3. The van der Waals surface area contributed by atoms with Crippen molar-refractivity contribution in [3.8, 4) is 0 Å². The average Bonchev–Trinajstić information content (AvgIpc) is 2.15. The van der Waals surface area contributed by atoms with Gasteiger partial charge in [0.05, 0.1) is 7.11 Å². The predicted molar refractivity (Wildman–Crippen MR) is 52.4 cm³/mol. The van der Waals surface area contributed by atoms with Gasteiger partial charge in [-0.2, -0.15) is 10.4 Å². The van der Waals surface area contributed by atoms with Crippen LogP contribution < -0.4 is 0 Å². The zero-order valence-electron chi connectivity index (χ0n) is 9.62. The molecule has 0 bridgehead atoms. The smallest absolute Gasteiger partial charge is 0.217 e. The lowest BCUT2D eigenvalue weighted by molar-refractivity contribution is -1.24. The molecule has 16 heavy (non-hydrogen) atoms. The van der Waals surface area contributed by atoms with Crippen LogP contribution in [0.5, 0.6) is 0 Å². The minimum atomic E-state index is -4.41. The van der Waals surface area contributed by atoms with Crippen LogP contribution in [0.1, 0.15) is 13.3 Å². The van der Waals surface area contributed by atoms with E-state index in [2.05, 4.69) is 8.92 Å². The highest BCUT2D eigenvalue weighted by Crippen LogP contribution is 1.96. The maximum atomic E-state index is 9.22. The van der Waals surface area contributed by atoms with Crippen LogP contribution in [-0.2, 0) is 19.3 Å². The van der Waals surface area contributed by atoms with Crippen molar-refractivity contribution >= 4 is 10.4 Å². The summed E-state index contributed by atoms with van der Waals surface area (Å²) in [5.74, 6) is 0. The largest absolute Gasteiger partial charge is 0.726 e. The molecule has 8 nitrogen and oxygen atoms in total. The van der Waals surface area contributed by atoms with Gasteiger partial charge in [-0.05, 0) is 11.2 Å². The zero-order valence-corrected chi connectivity index (χ0v) is 10.4. The van der Waals surface area contributed by atoms with Crippen molar-refractivity contribution in [1.82, 2.24) is 0 Å². The third kappa shape index (κ3) is 16.2. The Balaban J connectivity index is 0. The van der Waals surface area contributed by atoms with Crippen LogP contribution in [0, 0.1) is 0 Å². The number of quaternary nitrogens is 1. The van der Waals surface area contributed by atoms with E-state index < -0.39 is 15.2 Å². The van der Waals surface area contributed by atoms with Gasteiger partial charge >= 0.3 is 0 Å². The number of rotatable bonds is 6. The average molecular weight is 261 g/mol. The molecule has 0 aromatic carbocycles. The van der Waals surface area contributed by atoms with E-state index in [0.717, 1.165) is 13.5 Å². The topological polar surface area (TPSA) is 116 Å². The molecular weight excluding hydrogens is 242 g/mol. The Kier molecular flexibility index (Phi) is 9.96. The number of nitrogens with zero attached hydrogens (tertiary/aromatic N) is 1. The lowest BCUT2D eigenvalue weighted by atomic mass is 10.4. The summed E-state index contributed by atoms with van der Waals surface area (Å²) in [7, 11) is -2.07. The number of hydroxylamine groups is 4. The van der Waals surface area contributed by atoms with Crippen molar-refractivity contribution in [2.45, 2.75) is 13.3 Å². The Morgan fingerprint density at radius 3 is 1.94 bits per heavy atom. The highest BCUT2D eigenvalue weighted by molar-refractivity contribution is 7.80. The molecule has 0 radical (unpaired) electrons. The molecule has 0 rings (SSSR count). The quantitative estimate of drug-likeness (QED) is 0.292. The summed E-state index contributed by atoms with van der Waals surface area (Å²) in [4.78, 5) is -0.926. The molecule has 0 aliphatic heterocycles. The predicted octanol–water partition coefficient (Wildman–Crippen LogP) is -0.269. The Labute approximate surface area is 95.5 Å². The molecule has 0 aliphatic carbocycles. The summed E-state index contributed by atoms with van der Waals surface area (Å²) in [6.45, 7) is 2.84. The van der Waals surface area contributed by atoms with E-state index in [1.165, 1.54) is 7.11 Å². The molecule has 0 unspecified atom stereocenters. The Morgan fingerprint density at radius 2 is 1.69 bits per heavy atom. The number of hydrogen-bond acceptors (Lipinski definition) is 7. The summed E-state index contributed by atoms with van der Waals surface area (Å²) in [5.41, 5.74) is 0. The lowest BCUT2D eigenvalue weighted by Gasteiger charge is -2.19. The van der Waals surface area contributed by atoms with Crippen molar-refractivity contribution < 1.29 is 37.1 Å². The lowest BCUT2D eigenvalue weighted by Crippen LogP contribution is -2.44. The van der Waals surface area contributed by atoms with Crippen molar-refractivity contribution in [1.29, 1.82) is 0 Å². The van der Waals surface area contributed by atoms with E-state index in [0.29, 0.717) is 13.2 Å². The Bertz CT molecular complexity index is 251. The van der Waals surface area contributed by atoms with E-state index in [9.17, 15) is 13.0 Å². The molecule has 9 heteroatoms. The van der Waals surface area contributed by atoms with Crippen LogP contribution in [0.4, 0.5) is 0 Å². The molecule has 0 aromatic rings. The molecule has 0 aromatic heterocycles. The first kappa shape index (κ1) is 18.1. The fourth-order valence-electron chi connectivity index (χ4n) is 0.707. The summed E-state index contributed by atoms with van der Waals surface area (Å²) in [5, 5.41) is 18.1. The van der Waals surface area contributed by atoms with Gasteiger partial charge in [0.25, 0.3) is 0 Å². The van der Waals surface area contributed by atoms with Gasteiger partial charge in [-0.1, -0.05) is 6.92 Å². The maximum absolute atomic E-state index is 9.22. The maximum Gasteiger partial charge on any atom is 0.217 e. The molecule has 2 N–H and O–H groups in total. The van der Waals surface area contributed by atoms with Gasteiger partial charge in [-0.25, -0.2) is 8.42 Å². The van der Waals surface area contributed by atoms with Gasteiger partial charge in [-0.3, -0.25) is 4.18 Å². The standard InChI is InChI=1S/C6H16NO3.CH4O4S/c1-3-4-7(8,9)5-6-10-2;1-5-6(2,3)4/h8-9H,3-6H2,1-2H3;1H3,(H,2,3,4)/q+1;/p-1. The van der Waals surface area contributed by atoms with Crippen LogP contribution in [0.25, 0.3) is 0 Å². The van der Waals surface area contributed by atoms with E-state index in [1.54, 1.807) is 0 Å². The fourth-order valence-corrected chi connectivity index (χ4v) is 0.707. The van der Waals surface area contributed by atoms with Crippen LogP contribution in [0.15, 0.2) is 0 Å². The number of methoxy groups -OCH3 is 1. The summed E-state index contributed by atoms with van der Waals surface area (Å²) in [6, 6.07) is 0. The van der Waals surface area contributed by atoms with E-state index in [1.807, 2.05) is 6.92 Å². The molecule has 0 amide bonds. The van der Waals surface area contributed by atoms with Crippen LogP contribution in [0.2, 0.25) is 0 Å². The van der Waals surface area contributed by atoms with Gasteiger partial charge in [0.1, 0.15) is 13.2 Å². The highest BCUT2D eigenvalue weighted by Gasteiger charge is 2.19. The second-order valence-corrected chi connectivity index (χ2v) is 4.04. The molecule has 0 heterocycles. The normalized spacial score (nSPS) is 11.9. The molecule has 0 saturated carbocycles. The Hall–Kier alpha value is -0.290. The van der Waals surface area contributed by atoms with Crippen LogP contribution >= 0.6 is 0 Å². The molecule has 100 valence electrons. The first-order chi connectivity index (χ1) is 7.18. The molecule has 0 spiro atoms. The SMILES string of the molecule is CCC[N+](O)(O)CCOC.COS(=O)(=O)[O-]. The van der Waals surface area contributed by atoms with Gasteiger partial charge in [-0.15, -0.1) is 0 Å². The minimum absolute atomic E-state index is 0.227. The fraction of sp³-hybridized carbons (Fsp3) is 1.00. The zero-order chi connectivity index (χ0) is 13.2. The third-order valence-corrected chi connectivity index (χ3v) is 1.85. The van der Waals surface area contributed by atoms with Gasteiger partial charge in [0, 0.05) is 7.11 Å². The van der Waals surface area contributed by atoms with Gasteiger partial charge < -0.3 is 9.29 Å².